The molecule has 2 amide bonds. The Kier molecular flexibility index (Phi) is 3.42. The van der Waals surface area contributed by atoms with Gasteiger partial charge in [-0.05, 0) is 42.9 Å². The molecule has 0 spiro atoms. The Bertz CT molecular complexity index is 525. The molecule has 1 heterocycles. The van der Waals surface area contributed by atoms with Gasteiger partial charge in [0.05, 0.1) is 6.54 Å². The number of amides is 2. The van der Waals surface area contributed by atoms with Gasteiger partial charge in [0.2, 0.25) is 11.8 Å². The van der Waals surface area contributed by atoms with Crippen molar-refractivity contribution in [2.24, 2.45) is 5.92 Å². The molecule has 1 saturated carbocycles. The fourth-order valence-electron chi connectivity index (χ4n) is 2.58. The van der Waals surface area contributed by atoms with Crippen LogP contribution in [-0.4, -0.2) is 35.8 Å². The van der Waals surface area contributed by atoms with E-state index >= 15 is 0 Å². The third-order valence-electron chi connectivity index (χ3n) is 3.91. The average Bonchev–Trinajstić information content (AvgIpc) is 3.25. The molecule has 3 rings (SSSR count). The Hall–Kier alpha value is -1.91. The van der Waals surface area contributed by atoms with Gasteiger partial charge in [-0.15, -0.1) is 0 Å². The average molecular weight is 276 g/mol. The molecular weight excluding hydrogens is 259 g/mol. The first-order chi connectivity index (χ1) is 9.63. The van der Waals surface area contributed by atoms with Crippen molar-refractivity contribution in [2.75, 3.05) is 13.1 Å². The molecule has 5 heteroatoms. The summed E-state index contributed by atoms with van der Waals surface area (Å²) in [6, 6.07) is 5.91. The van der Waals surface area contributed by atoms with Gasteiger partial charge >= 0.3 is 0 Å². The molecule has 1 aliphatic heterocycles. The Morgan fingerprint density at radius 1 is 1.20 bits per heavy atom. The van der Waals surface area contributed by atoms with E-state index in [2.05, 4.69) is 5.32 Å². The molecule has 2 aliphatic rings. The molecule has 1 atom stereocenters. The predicted molar refractivity (Wildman–Crippen MR) is 71.3 cm³/mol. The first-order valence-electron chi connectivity index (χ1n) is 6.96. The number of benzene rings is 1. The summed E-state index contributed by atoms with van der Waals surface area (Å²) in [5.41, 5.74) is 0.966. The van der Waals surface area contributed by atoms with E-state index in [-0.39, 0.29) is 30.2 Å². The van der Waals surface area contributed by atoms with Gasteiger partial charge in [-0.1, -0.05) is 12.1 Å². The Morgan fingerprint density at radius 2 is 1.90 bits per heavy atom. The van der Waals surface area contributed by atoms with Crippen LogP contribution in [0.1, 0.15) is 18.4 Å². The number of nitrogens with zero attached hydrogens (tertiary/aromatic N) is 1. The molecule has 0 aromatic heterocycles. The monoisotopic (exact) mass is 276 g/mol. The fraction of sp³-hybridized carbons (Fsp3) is 0.467. The van der Waals surface area contributed by atoms with Crippen molar-refractivity contribution in [3.8, 4) is 0 Å². The quantitative estimate of drug-likeness (QED) is 0.895. The summed E-state index contributed by atoms with van der Waals surface area (Å²) < 4.78 is 12.8. The zero-order valence-electron chi connectivity index (χ0n) is 11.1. The van der Waals surface area contributed by atoms with Crippen LogP contribution < -0.4 is 5.32 Å². The number of carbonyl (C=O) groups excluding carboxylic acids is 2. The molecule has 1 aliphatic carbocycles. The Labute approximate surface area is 117 Å². The van der Waals surface area contributed by atoms with Crippen molar-refractivity contribution >= 4 is 11.8 Å². The highest BCUT2D eigenvalue weighted by molar-refractivity contribution is 5.95. The SMILES string of the molecule is O=C1CN(CCc2ccc(F)cc2)C(=O)C(C2CC2)N1. The number of hydrogen-bond donors (Lipinski definition) is 1. The zero-order chi connectivity index (χ0) is 14.1. The van der Waals surface area contributed by atoms with Crippen molar-refractivity contribution in [1.29, 1.82) is 0 Å². The summed E-state index contributed by atoms with van der Waals surface area (Å²) in [7, 11) is 0. The van der Waals surface area contributed by atoms with Crippen LogP contribution in [0, 0.1) is 11.7 Å². The normalized spacial score (nSPS) is 22.9. The van der Waals surface area contributed by atoms with Gasteiger partial charge < -0.3 is 10.2 Å². The molecule has 1 aromatic carbocycles. The Morgan fingerprint density at radius 3 is 2.55 bits per heavy atom. The number of nitrogens with one attached hydrogen (secondary N) is 1. The lowest BCUT2D eigenvalue weighted by Crippen LogP contribution is -2.59. The summed E-state index contributed by atoms with van der Waals surface area (Å²) in [4.78, 5) is 25.6. The van der Waals surface area contributed by atoms with Crippen LogP contribution in [0.5, 0.6) is 0 Å². The van der Waals surface area contributed by atoms with Gasteiger partial charge in [0.1, 0.15) is 11.9 Å². The third-order valence-corrected chi connectivity index (χ3v) is 3.91. The fourth-order valence-corrected chi connectivity index (χ4v) is 2.58. The highest BCUT2D eigenvalue weighted by Crippen LogP contribution is 2.34. The third kappa shape index (κ3) is 2.81. The van der Waals surface area contributed by atoms with Crippen LogP contribution in [0.3, 0.4) is 0 Å². The smallest absolute Gasteiger partial charge is 0.245 e. The second kappa shape index (κ2) is 5.23. The lowest BCUT2D eigenvalue weighted by molar-refractivity contribution is -0.144. The van der Waals surface area contributed by atoms with E-state index < -0.39 is 0 Å². The van der Waals surface area contributed by atoms with E-state index in [1.807, 2.05) is 0 Å². The van der Waals surface area contributed by atoms with Crippen LogP contribution in [0.4, 0.5) is 4.39 Å². The van der Waals surface area contributed by atoms with Gasteiger partial charge in [0, 0.05) is 6.54 Å². The molecule has 1 unspecified atom stereocenters. The zero-order valence-corrected chi connectivity index (χ0v) is 11.1. The second-order valence-electron chi connectivity index (χ2n) is 5.52. The molecule has 4 nitrogen and oxygen atoms in total. The minimum Gasteiger partial charge on any atom is -0.342 e. The lowest BCUT2D eigenvalue weighted by atomic mass is 10.1. The highest BCUT2D eigenvalue weighted by atomic mass is 19.1. The van der Waals surface area contributed by atoms with E-state index in [9.17, 15) is 14.0 Å². The van der Waals surface area contributed by atoms with Gasteiger partial charge in [0.25, 0.3) is 0 Å². The second-order valence-corrected chi connectivity index (χ2v) is 5.52. The van der Waals surface area contributed by atoms with Crippen molar-refractivity contribution in [3.63, 3.8) is 0 Å². The van der Waals surface area contributed by atoms with Gasteiger partial charge in [-0.3, -0.25) is 9.59 Å². The molecule has 0 bridgehead atoms. The molecule has 1 saturated heterocycles. The van der Waals surface area contributed by atoms with Crippen LogP contribution in [0.15, 0.2) is 24.3 Å². The molecule has 20 heavy (non-hydrogen) atoms. The predicted octanol–water partition coefficient (Wildman–Crippen LogP) is 1.11. The maximum Gasteiger partial charge on any atom is 0.245 e. The van der Waals surface area contributed by atoms with Gasteiger partial charge in [-0.2, -0.15) is 0 Å². The first kappa shape index (κ1) is 13.1. The minimum atomic E-state index is -0.329. The summed E-state index contributed by atoms with van der Waals surface area (Å²) in [5.74, 6) is -0.00846. The van der Waals surface area contributed by atoms with Crippen LogP contribution in [0.2, 0.25) is 0 Å². The standard InChI is InChI=1S/C15H17FN2O2/c16-12-5-1-10(2-6-12)7-8-18-9-13(19)17-14(15(18)20)11-3-4-11/h1-2,5-6,11,14H,3-4,7-9H2,(H,17,19). The van der Waals surface area contributed by atoms with E-state index in [0.29, 0.717) is 18.9 Å². The summed E-state index contributed by atoms with van der Waals surface area (Å²) in [6.07, 6.45) is 2.67. The molecule has 0 radical (unpaired) electrons. The van der Waals surface area contributed by atoms with Crippen molar-refractivity contribution in [3.05, 3.63) is 35.6 Å². The van der Waals surface area contributed by atoms with Crippen molar-refractivity contribution in [2.45, 2.75) is 25.3 Å². The van der Waals surface area contributed by atoms with Crippen LogP contribution in [0.25, 0.3) is 0 Å². The van der Waals surface area contributed by atoms with E-state index in [1.54, 1.807) is 17.0 Å². The van der Waals surface area contributed by atoms with Crippen molar-refractivity contribution in [1.82, 2.24) is 10.2 Å². The topological polar surface area (TPSA) is 49.4 Å². The number of piperazine rings is 1. The van der Waals surface area contributed by atoms with Gasteiger partial charge in [-0.25, -0.2) is 4.39 Å². The minimum absolute atomic E-state index is 0.0224. The van der Waals surface area contributed by atoms with Crippen LogP contribution in [-0.2, 0) is 16.0 Å². The van der Waals surface area contributed by atoms with Crippen molar-refractivity contribution < 1.29 is 14.0 Å². The molecular formula is C15H17FN2O2. The van der Waals surface area contributed by atoms with E-state index in [1.165, 1.54) is 12.1 Å². The number of halogens is 1. The van der Waals surface area contributed by atoms with E-state index in [0.717, 1.165) is 18.4 Å². The van der Waals surface area contributed by atoms with Gasteiger partial charge in [0.15, 0.2) is 0 Å². The van der Waals surface area contributed by atoms with E-state index in [4.69, 9.17) is 0 Å². The summed E-state index contributed by atoms with van der Waals surface area (Å²) in [5, 5.41) is 2.78. The number of hydrogen-bond acceptors (Lipinski definition) is 2. The van der Waals surface area contributed by atoms with Crippen LogP contribution >= 0.6 is 0 Å². The maximum atomic E-state index is 12.8. The molecule has 1 N–H and O–H groups in total. The largest absolute Gasteiger partial charge is 0.342 e. The molecule has 1 aromatic rings. The Balaban J connectivity index is 1.62. The lowest BCUT2D eigenvalue weighted by Gasteiger charge is -2.32. The molecule has 2 fully saturated rings. The maximum absolute atomic E-state index is 12.8. The molecule has 106 valence electrons. The highest BCUT2D eigenvalue weighted by Gasteiger charge is 2.42. The number of carbonyl (C=O) groups is 2. The number of rotatable bonds is 4. The first-order valence-corrected chi connectivity index (χ1v) is 6.96. The summed E-state index contributed by atoms with van der Waals surface area (Å²) in [6.45, 7) is 0.629. The summed E-state index contributed by atoms with van der Waals surface area (Å²) >= 11 is 0.